The van der Waals surface area contributed by atoms with E-state index in [0.29, 0.717) is 207 Å². The number of nitrogens with one attached hydrogen (secondary N) is 2. The van der Waals surface area contributed by atoms with Crippen LogP contribution in [0.15, 0.2) is 52.5 Å². The predicted molar refractivity (Wildman–Crippen MR) is 293 cm³/mol. The highest BCUT2D eigenvalue weighted by molar-refractivity contribution is 6.04. The van der Waals surface area contributed by atoms with Crippen LogP contribution < -0.4 is 15.4 Å². The van der Waals surface area contributed by atoms with E-state index in [1.165, 1.54) is 6.07 Å². The standard InChI is InChI=1S/C56H87N3O19/c1-5-58-50-11-8-45(39-43(50)2)55(49-40-44(3)51(57-4)42-52(49)60)48-41-46(9-10-47(48)56(64)65)78-14-6-7-53(61)59-13-16-67-18-20-69-22-24-71-26-28-73-30-32-75-34-36-77-38-37-76-35-33-74-31-29-72-27-25-70-23-21-68-19-17-66-15-12-54(62)63/h9-10,39-42,57,60H,5-8,11-38H2,1-4H3,(H,59,61)(H,62,63)(H,64,65)/b55-45+,58-50?. The molecule has 0 spiro atoms. The Labute approximate surface area is 459 Å². The van der Waals surface area contributed by atoms with E-state index in [4.69, 9.17) is 66.7 Å². The van der Waals surface area contributed by atoms with Crippen molar-refractivity contribution in [3.63, 3.8) is 0 Å². The van der Waals surface area contributed by atoms with Crippen molar-refractivity contribution in [2.45, 2.75) is 52.9 Å². The van der Waals surface area contributed by atoms with Gasteiger partial charge in [-0.15, -0.1) is 0 Å². The molecule has 3 rings (SSSR count). The Morgan fingerprint density at radius 3 is 1.44 bits per heavy atom. The molecule has 1 aliphatic carbocycles. The molecule has 0 saturated carbocycles. The van der Waals surface area contributed by atoms with Gasteiger partial charge in [-0.2, -0.15) is 0 Å². The molecule has 0 saturated heterocycles. The number of carbonyl (C=O) groups is 3. The Morgan fingerprint density at radius 2 is 1.01 bits per heavy atom. The molecular weight excluding hydrogens is 1020 g/mol. The summed E-state index contributed by atoms with van der Waals surface area (Å²) < 4.78 is 71.6. The third-order valence-corrected chi connectivity index (χ3v) is 11.5. The number of aromatic carboxylic acids is 1. The summed E-state index contributed by atoms with van der Waals surface area (Å²) in [6.07, 6.45) is 3.99. The highest BCUT2D eigenvalue weighted by Gasteiger charge is 2.24. The van der Waals surface area contributed by atoms with Gasteiger partial charge in [-0.25, -0.2) is 4.79 Å². The number of phenolic OH excluding ortho intramolecular Hbond substituents is 1. The van der Waals surface area contributed by atoms with E-state index in [0.717, 1.165) is 28.1 Å². The molecule has 0 unspecified atom stereocenters. The lowest BCUT2D eigenvalue weighted by Crippen LogP contribution is -2.27. The minimum atomic E-state index is -1.10. The molecule has 78 heavy (non-hydrogen) atoms. The van der Waals surface area contributed by atoms with Crippen LogP contribution in [0.2, 0.25) is 0 Å². The van der Waals surface area contributed by atoms with Crippen molar-refractivity contribution in [2.75, 3.05) is 191 Å². The molecule has 1 amide bonds. The van der Waals surface area contributed by atoms with E-state index in [2.05, 4.69) is 15.6 Å². The van der Waals surface area contributed by atoms with Gasteiger partial charge in [-0.1, -0.05) is 6.08 Å². The summed E-state index contributed by atoms with van der Waals surface area (Å²) in [5.41, 5.74) is 6.20. The molecule has 0 aromatic heterocycles. The number of anilines is 1. The molecule has 440 valence electrons. The molecule has 0 aliphatic heterocycles. The van der Waals surface area contributed by atoms with Crippen molar-refractivity contribution in [1.82, 2.24) is 5.32 Å². The second-order valence-electron chi connectivity index (χ2n) is 17.4. The zero-order chi connectivity index (χ0) is 56.3. The Bertz CT molecular complexity index is 2080. The Kier molecular flexibility index (Phi) is 37.7. The van der Waals surface area contributed by atoms with Gasteiger partial charge in [0.25, 0.3) is 0 Å². The van der Waals surface area contributed by atoms with E-state index < -0.39 is 11.9 Å². The fraction of sp³-hybridized carbons (Fsp3) is 0.643. The molecule has 1 aliphatic rings. The number of amides is 1. The molecule has 0 radical (unpaired) electrons. The van der Waals surface area contributed by atoms with E-state index in [9.17, 15) is 24.6 Å². The zero-order valence-electron chi connectivity index (χ0n) is 46.4. The van der Waals surface area contributed by atoms with Gasteiger partial charge in [0.15, 0.2) is 0 Å². The maximum absolute atomic E-state index is 12.6. The molecule has 22 heteroatoms. The van der Waals surface area contributed by atoms with Crippen LogP contribution in [0.3, 0.4) is 0 Å². The highest BCUT2D eigenvalue weighted by Crippen LogP contribution is 2.41. The number of rotatable bonds is 49. The number of aromatic hydroxyl groups is 1. The zero-order valence-corrected chi connectivity index (χ0v) is 46.4. The number of allylic oxidation sites excluding steroid dienone is 3. The predicted octanol–water partition coefficient (Wildman–Crippen LogP) is 5.39. The van der Waals surface area contributed by atoms with Crippen LogP contribution in [-0.4, -0.2) is 224 Å². The maximum atomic E-state index is 12.6. The largest absolute Gasteiger partial charge is 0.507 e. The van der Waals surface area contributed by atoms with Crippen LogP contribution >= 0.6 is 0 Å². The highest BCUT2D eigenvalue weighted by atomic mass is 16.6. The van der Waals surface area contributed by atoms with Crippen LogP contribution in [0.25, 0.3) is 5.57 Å². The van der Waals surface area contributed by atoms with Crippen molar-refractivity contribution in [1.29, 1.82) is 0 Å². The third kappa shape index (κ3) is 30.3. The van der Waals surface area contributed by atoms with Crippen molar-refractivity contribution < 1.29 is 91.3 Å². The van der Waals surface area contributed by atoms with Crippen LogP contribution in [0.1, 0.15) is 73.0 Å². The molecule has 0 bridgehead atoms. The fourth-order valence-electron chi connectivity index (χ4n) is 7.58. The number of carboxylic acids is 2. The molecule has 5 N–H and O–H groups in total. The lowest BCUT2D eigenvalue weighted by Gasteiger charge is -2.23. The average Bonchev–Trinajstić information content (AvgIpc) is 3.42. The van der Waals surface area contributed by atoms with Gasteiger partial charge in [0.1, 0.15) is 11.5 Å². The summed E-state index contributed by atoms with van der Waals surface area (Å²) in [6, 6.07) is 8.36. The molecule has 0 atom stereocenters. The van der Waals surface area contributed by atoms with Crippen molar-refractivity contribution >= 4 is 34.8 Å². The van der Waals surface area contributed by atoms with Crippen molar-refractivity contribution in [2.24, 2.45) is 4.99 Å². The number of hydrogen-bond acceptors (Lipinski definition) is 19. The SMILES string of the molecule is CCN=C1CC/C(=C(\c2cc(C)c(NC)cc2O)c2cc(OCCCC(=O)NCCOCCOCCOCCOCCOCCOCCOCCOCCOCCOCCOCCOCCC(=O)O)ccc2C(=O)O)C=C1C. The van der Waals surface area contributed by atoms with Gasteiger partial charge in [-0.3, -0.25) is 14.6 Å². The number of aliphatic imine (C=N–C) groups is 1. The topological polar surface area (TPSA) is 268 Å². The Hall–Kier alpha value is -5.08. The van der Waals surface area contributed by atoms with Crippen LogP contribution in [-0.2, 0) is 66.4 Å². The summed E-state index contributed by atoms with van der Waals surface area (Å²) in [5, 5.41) is 36.1. The van der Waals surface area contributed by atoms with Crippen LogP contribution in [0, 0.1) is 6.92 Å². The molecule has 0 heterocycles. The van der Waals surface area contributed by atoms with Gasteiger partial charge in [0.2, 0.25) is 5.91 Å². The number of carbonyl (C=O) groups excluding carboxylic acids is 1. The molecular formula is C56H87N3O19. The smallest absolute Gasteiger partial charge is 0.336 e. The van der Waals surface area contributed by atoms with Crippen molar-refractivity contribution in [3.05, 3.63) is 69.8 Å². The first kappa shape index (κ1) is 67.2. The van der Waals surface area contributed by atoms with E-state index in [-0.39, 0.29) is 43.3 Å². The number of ether oxygens (including phenoxy) is 13. The first-order chi connectivity index (χ1) is 38.0. The normalized spacial score (nSPS) is 13.7. The average molecular weight is 1110 g/mol. The first-order valence-corrected chi connectivity index (χ1v) is 26.9. The number of aliphatic carboxylic acids is 1. The number of nitrogens with zero attached hydrogens (tertiary/aromatic N) is 1. The number of aryl methyl sites for hydroxylation is 1. The molecule has 22 nitrogen and oxygen atoms in total. The summed E-state index contributed by atoms with van der Waals surface area (Å²) in [4.78, 5) is 40.2. The quantitative estimate of drug-likeness (QED) is 0.0520. The number of carboxylic acid groups (broad SMARTS) is 2. The van der Waals surface area contributed by atoms with Gasteiger partial charge in [-0.05, 0) is 86.6 Å². The van der Waals surface area contributed by atoms with Gasteiger partial charge >= 0.3 is 11.9 Å². The number of phenols is 1. The minimum absolute atomic E-state index is 0.0151. The molecule has 2 aromatic carbocycles. The van der Waals surface area contributed by atoms with Crippen molar-refractivity contribution in [3.8, 4) is 11.5 Å². The summed E-state index contributed by atoms with van der Waals surface area (Å²) >= 11 is 0. The van der Waals surface area contributed by atoms with Gasteiger partial charge in [0, 0.05) is 55.2 Å². The molecule has 2 aromatic rings. The van der Waals surface area contributed by atoms with E-state index >= 15 is 0 Å². The summed E-state index contributed by atoms with van der Waals surface area (Å²) in [6.45, 7) is 17.3. The Morgan fingerprint density at radius 1 is 0.551 bits per heavy atom. The van der Waals surface area contributed by atoms with Crippen LogP contribution in [0.5, 0.6) is 11.5 Å². The monoisotopic (exact) mass is 1110 g/mol. The summed E-state index contributed by atoms with van der Waals surface area (Å²) in [5.74, 6) is -1.65. The number of benzene rings is 2. The third-order valence-electron chi connectivity index (χ3n) is 11.5. The fourth-order valence-corrected chi connectivity index (χ4v) is 7.58. The van der Waals surface area contributed by atoms with Crippen LogP contribution in [0.4, 0.5) is 5.69 Å². The lowest BCUT2D eigenvalue weighted by molar-refractivity contribution is -0.138. The Balaban J connectivity index is 1.10. The second-order valence-corrected chi connectivity index (χ2v) is 17.4. The van der Waals surface area contributed by atoms with E-state index in [1.54, 1.807) is 25.2 Å². The summed E-state index contributed by atoms with van der Waals surface area (Å²) in [7, 11) is 1.78. The maximum Gasteiger partial charge on any atom is 0.336 e. The van der Waals surface area contributed by atoms with E-state index in [1.807, 2.05) is 32.9 Å². The van der Waals surface area contributed by atoms with Gasteiger partial charge < -0.3 is 87.5 Å². The first-order valence-electron chi connectivity index (χ1n) is 26.9. The number of hydrogen-bond donors (Lipinski definition) is 5. The lowest BCUT2D eigenvalue weighted by atomic mass is 9.83. The molecule has 0 fully saturated rings. The minimum Gasteiger partial charge on any atom is -0.507 e. The second kappa shape index (κ2) is 43.8. The van der Waals surface area contributed by atoms with Gasteiger partial charge in [0.05, 0.1) is 177 Å².